The standard InChI is InChI=1S/C65H46O4/c66-31-33-68-49-29-25-41-35-47(27-23-43(41)37-49)65(48-28-24-44-38-50(69-34-32-67)30-26-42(44)36-48)61-21-9-19-57(59-39-45-11-1-3-13-51(45)53-15-5-7-17-55(53)59)63(61)64-58(20-10-22-62(64)65)60-40-46-12-2-4-14-52(46)54-16-6-8-18-56(54)60/h1-30,35-40,66-67H,31-34H2. The van der Waals surface area contributed by atoms with Crippen LogP contribution < -0.4 is 9.47 Å². The first-order valence-corrected chi connectivity index (χ1v) is 23.8. The Morgan fingerprint density at radius 1 is 0.304 bits per heavy atom. The third-order valence-corrected chi connectivity index (χ3v) is 14.5. The maximum atomic E-state index is 9.55. The molecular formula is C65H46O4. The minimum Gasteiger partial charge on any atom is -0.491 e. The summed E-state index contributed by atoms with van der Waals surface area (Å²) in [6.45, 7) is 0.381. The van der Waals surface area contributed by atoms with Gasteiger partial charge in [0.1, 0.15) is 24.7 Å². The molecule has 4 heteroatoms. The maximum absolute atomic E-state index is 9.55. The normalized spacial score (nSPS) is 12.8. The Hall–Kier alpha value is -8.28. The third kappa shape index (κ3) is 6.44. The van der Waals surface area contributed by atoms with E-state index in [4.69, 9.17) is 9.47 Å². The van der Waals surface area contributed by atoms with Gasteiger partial charge in [-0.15, -0.1) is 0 Å². The van der Waals surface area contributed by atoms with Crippen LogP contribution >= 0.6 is 0 Å². The van der Waals surface area contributed by atoms with Gasteiger partial charge in [-0.1, -0.05) is 170 Å². The zero-order valence-corrected chi connectivity index (χ0v) is 37.8. The molecule has 0 atom stereocenters. The van der Waals surface area contributed by atoms with E-state index in [1.165, 1.54) is 87.6 Å². The minimum absolute atomic E-state index is 0.0466. The lowest BCUT2D eigenvalue weighted by Gasteiger charge is -2.34. The fourth-order valence-corrected chi connectivity index (χ4v) is 11.6. The average Bonchev–Trinajstić information content (AvgIpc) is 3.72. The summed E-state index contributed by atoms with van der Waals surface area (Å²) in [5.74, 6) is 1.46. The van der Waals surface area contributed by atoms with Crippen LogP contribution in [-0.4, -0.2) is 36.6 Å². The fourth-order valence-electron chi connectivity index (χ4n) is 11.6. The molecule has 0 saturated heterocycles. The molecular weight excluding hydrogens is 845 g/mol. The van der Waals surface area contributed by atoms with Gasteiger partial charge in [0.15, 0.2) is 0 Å². The highest BCUT2D eigenvalue weighted by Crippen LogP contribution is 2.62. The Morgan fingerprint density at radius 2 is 0.696 bits per heavy atom. The molecule has 4 nitrogen and oxygen atoms in total. The summed E-state index contributed by atoms with van der Waals surface area (Å²) < 4.78 is 11.8. The van der Waals surface area contributed by atoms with Crippen LogP contribution in [0.2, 0.25) is 0 Å². The van der Waals surface area contributed by atoms with E-state index in [2.05, 4.69) is 206 Å². The Bertz CT molecular complexity index is 3760. The quantitative estimate of drug-likeness (QED) is 0.134. The van der Waals surface area contributed by atoms with Crippen molar-refractivity contribution in [1.29, 1.82) is 0 Å². The lowest BCUT2D eigenvalue weighted by atomic mass is 9.67. The van der Waals surface area contributed by atoms with Gasteiger partial charge in [-0.2, -0.15) is 0 Å². The Labute approximate surface area is 399 Å². The van der Waals surface area contributed by atoms with Crippen molar-refractivity contribution in [1.82, 2.24) is 0 Å². The van der Waals surface area contributed by atoms with Crippen LogP contribution in [0.25, 0.3) is 98.0 Å². The molecule has 1 aliphatic rings. The number of hydrogen-bond donors (Lipinski definition) is 2. The number of ether oxygens (including phenoxy) is 2. The summed E-state index contributed by atoms with van der Waals surface area (Å²) in [5.41, 5.74) is 11.2. The van der Waals surface area contributed by atoms with Crippen LogP contribution in [-0.2, 0) is 5.41 Å². The summed E-state index contributed by atoms with van der Waals surface area (Å²) in [4.78, 5) is 0. The predicted molar refractivity (Wildman–Crippen MR) is 285 cm³/mol. The molecule has 330 valence electrons. The fraction of sp³-hybridized carbons (Fsp3) is 0.0769. The summed E-state index contributed by atoms with van der Waals surface area (Å²) in [7, 11) is 0. The molecule has 0 unspecified atom stereocenters. The molecule has 12 aromatic carbocycles. The lowest BCUT2D eigenvalue weighted by Crippen LogP contribution is -2.28. The molecule has 0 heterocycles. The second-order valence-corrected chi connectivity index (χ2v) is 18.2. The first kappa shape index (κ1) is 41.0. The molecule has 69 heavy (non-hydrogen) atoms. The van der Waals surface area contributed by atoms with Crippen molar-refractivity contribution < 1.29 is 19.7 Å². The first-order chi connectivity index (χ1) is 34.1. The molecule has 0 radical (unpaired) electrons. The maximum Gasteiger partial charge on any atom is 0.120 e. The van der Waals surface area contributed by atoms with Crippen molar-refractivity contribution in [2.45, 2.75) is 5.41 Å². The topological polar surface area (TPSA) is 58.9 Å². The van der Waals surface area contributed by atoms with Gasteiger partial charge in [-0.25, -0.2) is 0 Å². The first-order valence-electron chi connectivity index (χ1n) is 23.8. The van der Waals surface area contributed by atoms with Gasteiger partial charge in [0, 0.05) is 0 Å². The number of aliphatic hydroxyl groups excluding tert-OH is 2. The highest BCUT2D eigenvalue weighted by atomic mass is 16.5. The summed E-state index contributed by atoms with van der Waals surface area (Å²) in [6.07, 6.45) is 0. The van der Waals surface area contributed by atoms with Gasteiger partial charge in [0.05, 0.1) is 18.6 Å². The summed E-state index contributed by atoms with van der Waals surface area (Å²) >= 11 is 0. The lowest BCUT2D eigenvalue weighted by molar-refractivity contribution is 0.201. The van der Waals surface area contributed by atoms with E-state index in [1.54, 1.807) is 0 Å². The Morgan fingerprint density at radius 3 is 1.14 bits per heavy atom. The largest absolute Gasteiger partial charge is 0.491 e. The van der Waals surface area contributed by atoms with E-state index in [-0.39, 0.29) is 26.4 Å². The molecule has 0 bridgehead atoms. The second kappa shape index (κ2) is 16.5. The van der Waals surface area contributed by atoms with Crippen molar-refractivity contribution in [3.63, 3.8) is 0 Å². The SMILES string of the molecule is OCCOc1ccc2cc(C3(c4ccc5cc(OCCO)ccc5c4)c4cccc(-c5cc6ccccc6c6ccccc56)c4-c4c(-c5cc6ccccc6c6ccccc56)cccc43)ccc2c1. The molecule has 0 saturated carbocycles. The van der Waals surface area contributed by atoms with Crippen molar-refractivity contribution in [2.24, 2.45) is 0 Å². The highest BCUT2D eigenvalue weighted by Gasteiger charge is 2.48. The van der Waals surface area contributed by atoms with Crippen LogP contribution in [0.1, 0.15) is 22.3 Å². The molecule has 0 amide bonds. The number of aliphatic hydroxyl groups is 2. The van der Waals surface area contributed by atoms with E-state index < -0.39 is 5.41 Å². The van der Waals surface area contributed by atoms with E-state index in [0.717, 1.165) is 44.2 Å². The van der Waals surface area contributed by atoms with Crippen molar-refractivity contribution >= 4 is 64.6 Å². The van der Waals surface area contributed by atoms with Crippen LogP contribution in [0.15, 0.2) is 218 Å². The summed E-state index contributed by atoms with van der Waals surface area (Å²) in [5, 5.41) is 33.2. The summed E-state index contributed by atoms with van der Waals surface area (Å²) in [6, 6.07) is 80.2. The molecule has 2 N–H and O–H groups in total. The monoisotopic (exact) mass is 890 g/mol. The smallest absolute Gasteiger partial charge is 0.120 e. The van der Waals surface area contributed by atoms with Crippen LogP contribution in [0.4, 0.5) is 0 Å². The van der Waals surface area contributed by atoms with Crippen molar-refractivity contribution in [2.75, 3.05) is 26.4 Å². The van der Waals surface area contributed by atoms with E-state index in [1.807, 2.05) is 12.1 Å². The minimum atomic E-state index is -0.781. The Kier molecular flexibility index (Phi) is 9.79. The molecule has 12 aromatic rings. The number of fused-ring (bicyclic) bond motifs is 11. The van der Waals surface area contributed by atoms with Gasteiger partial charge < -0.3 is 19.7 Å². The molecule has 13 rings (SSSR count). The number of rotatable bonds is 10. The molecule has 0 aliphatic heterocycles. The van der Waals surface area contributed by atoms with Gasteiger partial charge in [0.25, 0.3) is 0 Å². The molecule has 0 spiro atoms. The Balaban J connectivity index is 1.18. The highest BCUT2D eigenvalue weighted by molar-refractivity contribution is 6.18. The van der Waals surface area contributed by atoms with E-state index in [0.29, 0.717) is 0 Å². The van der Waals surface area contributed by atoms with E-state index in [9.17, 15) is 10.2 Å². The number of hydrogen-bond acceptors (Lipinski definition) is 4. The molecule has 1 aliphatic carbocycles. The van der Waals surface area contributed by atoms with Crippen molar-refractivity contribution in [3.05, 3.63) is 241 Å². The third-order valence-electron chi connectivity index (χ3n) is 14.5. The van der Waals surface area contributed by atoms with Gasteiger partial charge in [-0.05, 0) is 169 Å². The predicted octanol–water partition coefficient (Wildman–Crippen LogP) is 15.0. The average molecular weight is 891 g/mol. The zero-order valence-electron chi connectivity index (χ0n) is 37.8. The van der Waals surface area contributed by atoms with Crippen LogP contribution in [0, 0.1) is 0 Å². The molecule has 0 fully saturated rings. The van der Waals surface area contributed by atoms with E-state index >= 15 is 0 Å². The van der Waals surface area contributed by atoms with Crippen LogP contribution in [0.5, 0.6) is 11.5 Å². The second-order valence-electron chi connectivity index (χ2n) is 18.2. The van der Waals surface area contributed by atoms with Crippen molar-refractivity contribution in [3.8, 4) is 44.9 Å². The zero-order chi connectivity index (χ0) is 46.1. The van der Waals surface area contributed by atoms with Gasteiger partial charge in [0.2, 0.25) is 0 Å². The number of benzene rings is 12. The molecule has 0 aromatic heterocycles. The van der Waals surface area contributed by atoms with Crippen LogP contribution in [0.3, 0.4) is 0 Å². The van der Waals surface area contributed by atoms with Gasteiger partial charge >= 0.3 is 0 Å². The van der Waals surface area contributed by atoms with Gasteiger partial charge in [-0.3, -0.25) is 0 Å².